The Bertz CT molecular complexity index is 797. The lowest BCUT2D eigenvalue weighted by Crippen LogP contribution is -2.42. The van der Waals surface area contributed by atoms with E-state index in [4.69, 9.17) is 22.8 Å². The van der Waals surface area contributed by atoms with Crippen LogP contribution in [-0.2, 0) is 0 Å². The number of terminal acetylenes is 1. The van der Waals surface area contributed by atoms with Gasteiger partial charge in [0.05, 0.1) is 23.2 Å². The van der Waals surface area contributed by atoms with Crippen LogP contribution in [-0.4, -0.2) is 23.5 Å². The Morgan fingerprint density at radius 3 is 2.79 bits per heavy atom. The van der Waals surface area contributed by atoms with Crippen LogP contribution in [0.4, 0.5) is 11.5 Å². The predicted octanol–water partition coefficient (Wildman–Crippen LogP) is 3.63. The molecule has 124 valence electrons. The fourth-order valence-corrected chi connectivity index (χ4v) is 2.14. The van der Waals surface area contributed by atoms with E-state index in [2.05, 4.69) is 21.5 Å². The van der Waals surface area contributed by atoms with Crippen LogP contribution in [0.3, 0.4) is 0 Å². The van der Waals surface area contributed by atoms with Gasteiger partial charge in [-0.15, -0.1) is 6.42 Å². The van der Waals surface area contributed by atoms with Crippen LogP contribution in [0.1, 0.15) is 24.2 Å². The topological polar surface area (TPSA) is 63.2 Å². The molecule has 0 atom stereocenters. The molecule has 0 aliphatic carbocycles. The van der Waals surface area contributed by atoms with Gasteiger partial charge in [0.1, 0.15) is 11.6 Å². The Balaban J connectivity index is 2.30. The van der Waals surface area contributed by atoms with Gasteiger partial charge in [-0.2, -0.15) is 0 Å². The number of halogens is 1. The van der Waals surface area contributed by atoms with Crippen molar-refractivity contribution in [2.45, 2.75) is 19.4 Å². The number of methoxy groups -OCH3 is 1. The molecule has 0 fully saturated rings. The quantitative estimate of drug-likeness (QED) is 0.814. The van der Waals surface area contributed by atoms with Gasteiger partial charge < -0.3 is 15.4 Å². The summed E-state index contributed by atoms with van der Waals surface area (Å²) >= 11 is 6.02. The minimum Gasteiger partial charge on any atom is -0.495 e. The van der Waals surface area contributed by atoms with E-state index in [9.17, 15) is 4.79 Å². The van der Waals surface area contributed by atoms with Gasteiger partial charge in [-0.1, -0.05) is 17.5 Å². The van der Waals surface area contributed by atoms with Crippen molar-refractivity contribution < 1.29 is 9.53 Å². The third kappa shape index (κ3) is 4.18. The summed E-state index contributed by atoms with van der Waals surface area (Å²) in [4.78, 5) is 16.7. The molecule has 6 heteroatoms. The summed E-state index contributed by atoms with van der Waals surface area (Å²) in [7, 11) is 1.53. The van der Waals surface area contributed by atoms with Crippen LogP contribution in [0.15, 0.2) is 36.5 Å². The molecule has 0 saturated carbocycles. The normalized spacial score (nSPS) is 10.6. The Labute approximate surface area is 146 Å². The zero-order valence-corrected chi connectivity index (χ0v) is 14.4. The summed E-state index contributed by atoms with van der Waals surface area (Å²) in [5, 5.41) is 6.37. The van der Waals surface area contributed by atoms with Gasteiger partial charge in [0.15, 0.2) is 0 Å². The van der Waals surface area contributed by atoms with Crippen molar-refractivity contribution in [3.8, 4) is 18.1 Å². The number of benzene rings is 1. The highest BCUT2D eigenvalue weighted by Crippen LogP contribution is 2.29. The van der Waals surface area contributed by atoms with Crippen molar-refractivity contribution in [3.05, 3.63) is 47.1 Å². The SMILES string of the molecule is C#CC(C)(C)NC(=O)c1cccnc1Nc1ccc(Cl)c(OC)c1. The molecule has 0 aliphatic heterocycles. The van der Waals surface area contributed by atoms with Crippen LogP contribution >= 0.6 is 11.6 Å². The maximum Gasteiger partial charge on any atom is 0.256 e. The highest BCUT2D eigenvalue weighted by atomic mass is 35.5. The number of rotatable bonds is 5. The minimum absolute atomic E-state index is 0.311. The van der Waals surface area contributed by atoms with Crippen molar-refractivity contribution in [2.75, 3.05) is 12.4 Å². The first-order valence-electron chi connectivity index (χ1n) is 7.22. The first-order chi connectivity index (χ1) is 11.4. The highest BCUT2D eigenvalue weighted by Gasteiger charge is 2.20. The number of hydrogen-bond donors (Lipinski definition) is 2. The van der Waals surface area contributed by atoms with E-state index >= 15 is 0 Å². The Hall–Kier alpha value is -2.71. The molecule has 0 aliphatic rings. The van der Waals surface area contributed by atoms with Crippen molar-refractivity contribution in [1.29, 1.82) is 0 Å². The van der Waals surface area contributed by atoms with E-state index in [1.807, 2.05) is 0 Å². The molecule has 2 aromatic rings. The largest absolute Gasteiger partial charge is 0.495 e. The molecule has 1 heterocycles. The second-order valence-corrected chi connectivity index (χ2v) is 6.00. The number of ether oxygens (including phenoxy) is 1. The molecular formula is C18H18ClN3O2. The van der Waals surface area contributed by atoms with Gasteiger partial charge in [-0.25, -0.2) is 4.98 Å². The maximum absolute atomic E-state index is 12.5. The van der Waals surface area contributed by atoms with Crippen molar-refractivity contribution in [2.24, 2.45) is 0 Å². The van der Waals surface area contributed by atoms with Gasteiger partial charge in [0.2, 0.25) is 0 Å². The smallest absolute Gasteiger partial charge is 0.256 e. The van der Waals surface area contributed by atoms with Crippen molar-refractivity contribution in [1.82, 2.24) is 10.3 Å². The Morgan fingerprint density at radius 2 is 2.12 bits per heavy atom. The number of carbonyl (C=O) groups excluding carboxylic acids is 1. The summed E-state index contributed by atoms with van der Waals surface area (Å²) in [6.45, 7) is 3.50. The summed E-state index contributed by atoms with van der Waals surface area (Å²) in [5.74, 6) is 3.15. The van der Waals surface area contributed by atoms with Gasteiger partial charge >= 0.3 is 0 Å². The first-order valence-corrected chi connectivity index (χ1v) is 7.60. The van der Waals surface area contributed by atoms with Gasteiger partial charge in [0.25, 0.3) is 5.91 Å². The van der Waals surface area contributed by atoms with E-state index in [0.29, 0.717) is 27.8 Å². The number of anilines is 2. The van der Waals surface area contributed by atoms with Crippen LogP contribution in [0, 0.1) is 12.3 Å². The zero-order chi connectivity index (χ0) is 17.7. The lowest BCUT2D eigenvalue weighted by molar-refractivity contribution is 0.0930. The molecule has 24 heavy (non-hydrogen) atoms. The van der Waals surface area contributed by atoms with Crippen LogP contribution in [0.25, 0.3) is 0 Å². The molecule has 1 amide bonds. The third-order valence-electron chi connectivity index (χ3n) is 3.25. The molecule has 0 radical (unpaired) electrons. The molecule has 0 bridgehead atoms. The minimum atomic E-state index is -0.756. The number of aromatic nitrogens is 1. The monoisotopic (exact) mass is 343 g/mol. The average molecular weight is 344 g/mol. The molecule has 2 N–H and O–H groups in total. The van der Waals surface area contributed by atoms with Gasteiger partial charge in [0, 0.05) is 18.0 Å². The standard InChI is InChI=1S/C18H18ClN3O2/c1-5-18(2,3)22-17(23)13-7-6-10-20-16(13)21-12-8-9-14(19)15(11-12)24-4/h1,6-11H,2-4H3,(H,20,21)(H,22,23). The maximum atomic E-state index is 12.5. The number of carbonyl (C=O) groups is 1. The van der Waals surface area contributed by atoms with Crippen LogP contribution in [0.5, 0.6) is 5.75 Å². The predicted molar refractivity (Wildman–Crippen MR) is 95.9 cm³/mol. The second-order valence-electron chi connectivity index (χ2n) is 5.60. The average Bonchev–Trinajstić information content (AvgIpc) is 2.56. The summed E-state index contributed by atoms with van der Waals surface area (Å²) < 4.78 is 5.19. The fraction of sp³-hybridized carbons (Fsp3) is 0.222. The number of nitrogens with zero attached hydrogens (tertiary/aromatic N) is 1. The van der Waals surface area contributed by atoms with E-state index in [1.165, 1.54) is 7.11 Å². The molecule has 1 aromatic heterocycles. The fourth-order valence-electron chi connectivity index (χ4n) is 1.95. The summed E-state index contributed by atoms with van der Waals surface area (Å²) in [6, 6.07) is 8.55. The molecular weight excluding hydrogens is 326 g/mol. The molecule has 0 spiro atoms. The van der Waals surface area contributed by atoms with Crippen LogP contribution < -0.4 is 15.4 Å². The molecule has 2 rings (SSSR count). The Kier molecular flexibility index (Phi) is 5.32. The van der Waals surface area contributed by atoms with Crippen molar-refractivity contribution >= 4 is 29.0 Å². The molecule has 0 saturated heterocycles. The number of amides is 1. The lowest BCUT2D eigenvalue weighted by Gasteiger charge is -2.20. The van der Waals surface area contributed by atoms with Gasteiger partial charge in [-0.05, 0) is 38.1 Å². The molecule has 0 unspecified atom stereocenters. The van der Waals surface area contributed by atoms with E-state index in [0.717, 1.165) is 0 Å². The molecule has 5 nitrogen and oxygen atoms in total. The van der Waals surface area contributed by atoms with Crippen molar-refractivity contribution in [3.63, 3.8) is 0 Å². The summed E-state index contributed by atoms with van der Waals surface area (Å²) in [5.41, 5.74) is 0.322. The highest BCUT2D eigenvalue weighted by molar-refractivity contribution is 6.32. The lowest BCUT2D eigenvalue weighted by atomic mass is 10.1. The van der Waals surface area contributed by atoms with E-state index in [1.54, 1.807) is 50.4 Å². The third-order valence-corrected chi connectivity index (χ3v) is 3.57. The summed E-state index contributed by atoms with van der Waals surface area (Å²) in [6.07, 6.45) is 7.01. The first kappa shape index (κ1) is 17.6. The Morgan fingerprint density at radius 1 is 1.38 bits per heavy atom. The number of nitrogens with one attached hydrogen (secondary N) is 2. The molecule has 1 aromatic carbocycles. The second kappa shape index (κ2) is 7.24. The van der Waals surface area contributed by atoms with E-state index < -0.39 is 5.54 Å². The zero-order valence-electron chi connectivity index (χ0n) is 13.7. The number of hydrogen-bond acceptors (Lipinski definition) is 4. The van der Waals surface area contributed by atoms with E-state index in [-0.39, 0.29) is 5.91 Å². The van der Waals surface area contributed by atoms with Gasteiger partial charge in [-0.3, -0.25) is 4.79 Å². The number of pyridine rings is 1. The van der Waals surface area contributed by atoms with Crippen LogP contribution in [0.2, 0.25) is 5.02 Å².